The van der Waals surface area contributed by atoms with Crippen LogP contribution in [0.1, 0.15) is 78.1 Å². The van der Waals surface area contributed by atoms with Crippen molar-refractivity contribution >= 4 is 11.9 Å². The van der Waals surface area contributed by atoms with Crippen molar-refractivity contribution in [2.24, 2.45) is 34.5 Å². The highest BCUT2D eigenvalue weighted by Gasteiger charge is 2.60. The first-order valence-electron chi connectivity index (χ1n) is 10.7. The summed E-state index contributed by atoms with van der Waals surface area (Å²) >= 11 is 0. The van der Waals surface area contributed by atoms with Crippen LogP contribution in [0.25, 0.3) is 0 Å². The number of piperidine rings is 1. The molecule has 26 heavy (non-hydrogen) atoms. The van der Waals surface area contributed by atoms with E-state index < -0.39 is 5.97 Å². The smallest absolute Gasteiger partial charge is 0.303 e. The molecular formula is C22H35NO3. The van der Waals surface area contributed by atoms with Crippen LogP contribution in [0.4, 0.5) is 0 Å². The molecule has 3 unspecified atom stereocenters. The van der Waals surface area contributed by atoms with Crippen LogP contribution in [0.2, 0.25) is 0 Å². The number of carboxylic acid groups (broad SMARTS) is 1. The van der Waals surface area contributed by atoms with E-state index in [0.717, 1.165) is 43.4 Å². The third kappa shape index (κ3) is 2.54. The van der Waals surface area contributed by atoms with Crippen LogP contribution in [-0.4, -0.2) is 35.0 Å². The van der Waals surface area contributed by atoms with Gasteiger partial charge in [0, 0.05) is 25.9 Å². The number of hydrogen-bond donors (Lipinski definition) is 1. The first kappa shape index (κ1) is 18.3. The summed E-state index contributed by atoms with van der Waals surface area (Å²) in [5, 5.41) is 9.12. The zero-order chi connectivity index (χ0) is 18.7. The Morgan fingerprint density at radius 3 is 2.54 bits per heavy atom. The summed E-state index contributed by atoms with van der Waals surface area (Å²) in [4.78, 5) is 25.4. The molecule has 3 aliphatic carbocycles. The van der Waals surface area contributed by atoms with Crippen molar-refractivity contribution in [2.75, 3.05) is 7.05 Å². The maximum absolute atomic E-state index is 12.2. The normalized spacial score (nSPS) is 47.9. The SMILES string of the molecule is CN1C(=O)CC[C@]2(C)C3CC[C@@]4(C)C(CC[C@@H]4CCC(=O)O)C3CC[C@@H]12. The minimum absolute atomic E-state index is 0.284. The molecule has 4 heteroatoms. The molecule has 7 atom stereocenters. The van der Waals surface area contributed by atoms with Crippen LogP contribution in [0.5, 0.6) is 0 Å². The number of hydrogen-bond acceptors (Lipinski definition) is 2. The van der Waals surface area contributed by atoms with Gasteiger partial charge in [-0.1, -0.05) is 13.8 Å². The lowest BCUT2D eigenvalue weighted by Gasteiger charge is -2.62. The van der Waals surface area contributed by atoms with Crippen LogP contribution in [-0.2, 0) is 9.59 Å². The molecule has 146 valence electrons. The average Bonchev–Trinajstić information content (AvgIpc) is 2.93. The van der Waals surface area contributed by atoms with Gasteiger partial charge in [0.05, 0.1) is 0 Å². The van der Waals surface area contributed by atoms with Crippen molar-refractivity contribution in [2.45, 2.75) is 84.1 Å². The van der Waals surface area contributed by atoms with E-state index in [-0.39, 0.29) is 5.41 Å². The van der Waals surface area contributed by atoms with Gasteiger partial charge in [-0.2, -0.15) is 0 Å². The van der Waals surface area contributed by atoms with Gasteiger partial charge in [0.25, 0.3) is 0 Å². The number of carboxylic acids is 1. The van der Waals surface area contributed by atoms with E-state index in [0.29, 0.717) is 29.7 Å². The standard InChI is InChI=1S/C22H35NO3/c1-21-12-10-17-15(16(21)7-4-14(21)5-9-20(25)26)6-8-18-22(17,2)13-11-19(24)23(18)3/h14-18H,4-13H2,1-3H3,(H,25,26)/t14-,15?,16?,17?,18-,21-,22-/m1/s1. The molecule has 0 bridgehead atoms. The zero-order valence-electron chi connectivity index (χ0n) is 16.7. The molecule has 0 aromatic heterocycles. The van der Waals surface area contributed by atoms with Crippen molar-refractivity contribution in [3.8, 4) is 0 Å². The highest BCUT2D eigenvalue weighted by Crippen LogP contribution is 2.66. The largest absolute Gasteiger partial charge is 0.481 e. The van der Waals surface area contributed by atoms with Crippen molar-refractivity contribution in [1.29, 1.82) is 0 Å². The van der Waals surface area contributed by atoms with Crippen LogP contribution in [0, 0.1) is 34.5 Å². The predicted octanol–water partition coefficient (Wildman–Crippen LogP) is 4.33. The monoisotopic (exact) mass is 361 g/mol. The summed E-state index contributed by atoms with van der Waals surface area (Å²) in [6.45, 7) is 4.94. The molecule has 4 nitrogen and oxygen atoms in total. The van der Waals surface area contributed by atoms with Gasteiger partial charge in [0.2, 0.25) is 5.91 Å². The van der Waals surface area contributed by atoms with E-state index in [9.17, 15) is 9.59 Å². The second-order valence-electron chi connectivity index (χ2n) is 10.2. The molecule has 0 radical (unpaired) electrons. The molecule has 1 saturated heterocycles. The van der Waals surface area contributed by atoms with Crippen molar-refractivity contribution in [3.63, 3.8) is 0 Å². The van der Waals surface area contributed by atoms with Gasteiger partial charge in [0.1, 0.15) is 0 Å². The molecule has 1 amide bonds. The molecule has 3 saturated carbocycles. The maximum atomic E-state index is 12.2. The fourth-order valence-corrected chi connectivity index (χ4v) is 8.03. The van der Waals surface area contributed by atoms with Crippen molar-refractivity contribution in [1.82, 2.24) is 4.90 Å². The number of carbonyl (C=O) groups excluding carboxylic acids is 1. The Kier molecular flexibility index (Phi) is 4.39. The maximum Gasteiger partial charge on any atom is 0.303 e. The summed E-state index contributed by atoms with van der Waals surface area (Å²) in [5.41, 5.74) is 0.627. The molecule has 4 rings (SSSR count). The Hall–Kier alpha value is -1.06. The summed E-state index contributed by atoms with van der Waals surface area (Å²) in [6, 6.07) is 0.429. The summed E-state index contributed by atoms with van der Waals surface area (Å²) in [6.07, 6.45) is 10.4. The van der Waals surface area contributed by atoms with Crippen LogP contribution in [0.3, 0.4) is 0 Å². The van der Waals surface area contributed by atoms with Crippen molar-refractivity contribution in [3.05, 3.63) is 0 Å². The van der Waals surface area contributed by atoms with Gasteiger partial charge in [-0.25, -0.2) is 0 Å². The number of amides is 1. The summed E-state index contributed by atoms with van der Waals surface area (Å²) in [7, 11) is 2.02. The number of rotatable bonds is 3. The fourth-order valence-electron chi connectivity index (χ4n) is 8.03. The summed E-state index contributed by atoms with van der Waals surface area (Å²) < 4.78 is 0. The zero-order valence-corrected chi connectivity index (χ0v) is 16.7. The molecule has 0 aromatic rings. The minimum atomic E-state index is -0.645. The number of fused-ring (bicyclic) bond motifs is 5. The highest BCUT2D eigenvalue weighted by molar-refractivity contribution is 5.77. The van der Waals surface area contributed by atoms with E-state index in [2.05, 4.69) is 18.7 Å². The van der Waals surface area contributed by atoms with Gasteiger partial charge in [0.15, 0.2) is 0 Å². The lowest BCUT2D eigenvalue weighted by molar-refractivity contribution is -0.158. The highest BCUT2D eigenvalue weighted by atomic mass is 16.4. The quantitative estimate of drug-likeness (QED) is 0.814. The second kappa shape index (κ2) is 6.24. The van der Waals surface area contributed by atoms with E-state index in [1.165, 1.54) is 32.1 Å². The Balaban J connectivity index is 1.55. The number of likely N-dealkylation sites (tertiary alicyclic amines) is 1. The second-order valence-corrected chi connectivity index (χ2v) is 10.2. The van der Waals surface area contributed by atoms with Gasteiger partial charge in [-0.15, -0.1) is 0 Å². The third-order valence-corrected chi connectivity index (χ3v) is 9.46. The molecule has 0 aromatic carbocycles. The first-order valence-corrected chi connectivity index (χ1v) is 10.7. The lowest BCUT2D eigenvalue weighted by Crippen LogP contribution is -2.61. The molecule has 1 heterocycles. The minimum Gasteiger partial charge on any atom is -0.481 e. The first-order chi connectivity index (χ1) is 12.3. The topological polar surface area (TPSA) is 57.6 Å². The average molecular weight is 362 g/mol. The number of aliphatic carboxylic acids is 1. The predicted molar refractivity (Wildman–Crippen MR) is 101 cm³/mol. The van der Waals surface area contributed by atoms with Crippen LogP contribution in [0.15, 0.2) is 0 Å². The van der Waals surface area contributed by atoms with Crippen LogP contribution >= 0.6 is 0 Å². The van der Waals surface area contributed by atoms with Crippen molar-refractivity contribution < 1.29 is 14.7 Å². The Bertz CT molecular complexity index is 604. The van der Waals surface area contributed by atoms with Crippen LogP contribution < -0.4 is 0 Å². The molecule has 4 fully saturated rings. The molecular weight excluding hydrogens is 326 g/mol. The van der Waals surface area contributed by atoms with E-state index in [1.54, 1.807) is 0 Å². The molecule has 0 spiro atoms. The third-order valence-electron chi connectivity index (χ3n) is 9.46. The number of carbonyl (C=O) groups is 2. The van der Waals surface area contributed by atoms with Gasteiger partial charge in [-0.3, -0.25) is 9.59 Å². The van der Waals surface area contributed by atoms with Gasteiger partial charge in [-0.05, 0) is 85.9 Å². The van der Waals surface area contributed by atoms with E-state index in [4.69, 9.17) is 5.11 Å². The van der Waals surface area contributed by atoms with Gasteiger partial charge >= 0.3 is 5.97 Å². The Morgan fingerprint density at radius 2 is 1.81 bits per heavy atom. The summed E-state index contributed by atoms with van der Waals surface area (Å²) in [5.74, 6) is 2.57. The lowest BCUT2D eigenvalue weighted by atomic mass is 9.46. The van der Waals surface area contributed by atoms with Gasteiger partial charge < -0.3 is 10.0 Å². The Morgan fingerprint density at radius 1 is 1.08 bits per heavy atom. The molecule has 1 aliphatic heterocycles. The molecule has 1 N–H and O–H groups in total. The molecule has 4 aliphatic rings. The van der Waals surface area contributed by atoms with E-state index >= 15 is 0 Å². The number of nitrogens with zero attached hydrogens (tertiary/aromatic N) is 1. The fraction of sp³-hybridized carbons (Fsp3) is 0.909. The van der Waals surface area contributed by atoms with E-state index in [1.807, 2.05) is 7.05 Å². The Labute approximate surface area is 157 Å².